The molecule has 1 nitrogen and oxygen atoms in total. The number of fused-ring (bicyclic) bond motifs is 2. The van der Waals surface area contributed by atoms with Crippen LogP contribution in [-0.4, -0.2) is 4.98 Å². The summed E-state index contributed by atoms with van der Waals surface area (Å²) >= 11 is 0. The van der Waals surface area contributed by atoms with Crippen molar-refractivity contribution in [2.45, 2.75) is 33.1 Å². The number of aryl methyl sites for hydroxylation is 1. The summed E-state index contributed by atoms with van der Waals surface area (Å²) < 4.78 is 0. The van der Waals surface area contributed by atoms with E-state index in [0.717, 1.165) is 11.0 Å². The van der Waals surface area contributed by atoms with E-state index in [-0.39, 0.29) is 5.41 Å². The lowest BCUT2D eigenvalue weighted by Gasteiger charge is -2.23. The van der Waals surface area contributed by atoms with E-state index in [9.17, 15) is 0 Å². The number of hydrogen-bond acceptors (Lipinski definition) is 1. The third-order valence-corrected chi connectivity index (χ3v) is 3.59. The Morgan fingerprint density at radius 1 is 0.842 bits per heavy atom. The zero-order valence-corrected chi connectivity index (χ0v) is 12.0. The van der Waals surface area contributed by atoms with Crippen molar-refractivity contribution in [3.8, 4) is 0 Å². The topological polar surface area (TPSA) is 12.9 Å². The zero-order valence-electron chi connectivity index (χ0n) is 12.0. The summed E-state index contributed by atoms with van der Waals surface area (Å²) in [5, 5.41) is 2.54. The van der Waals surface area contributed by atoms with Gasteiger partial charge in [-0.2, -0.15) is 0 Å². The van der Waals surface area contributed by atoms with Gasteiger partial charge in [-0.25, -0.2) is 4.98 Å². The summed E-state index contributed by atoms with van der Waals surface area (Å²) in [7, 11) is 0. The molecule has 19 heavy (non-hydrogen) atoms. The molecular formula is C18H19N. The van der Waals surface area contributed by atoms with Crippen molar-refractivity contribution < 1.29 is 0 Å². The van der Waals surface area contributed by atoms with Crippen LogP contribution >= 0.6 is 0 Å². The van der Waals surface area contributed by atoms with Crippen LogP contribution in [0.4, 0.5) is 0 Å². The molecule has 0 saturated carbocycles. The molecule has 96 valence electrons. The monoisotopic (exact) mass is 249 g/mol. The SMILES string of the molecule is Cc1ccc2c(C(C)(C)C)c3ccccc3nc2c1. The van der Waals surface area contributed by atoms with Gasteiger partial charge in [0.05, 0.1) is 11.0 Å². The van der Waals surface area contributed by atoms with Crippen LogP contribution in [0.15, 0.2) is 42.5 Å². The Labute approximate surface area is 114 Å². The van der Waals surface area contributed by atoms with Crippen LogP contribution in [0.1, 0.15) is 31.9 Å². The first kappa shape index (κ1) is 12.2. The second kappa shape index (κ2) is 4.06. The second-order valence-corrected chi connectivity index (χ2v) is 6.27. The van der Waals surface area contributed by atoms with Crippen LogP contribution < -0.4 is 0 Å². The second-order valence-electron chi connectivity index (χ2n) is 6.27. The highest BCUT2D eigenvalue weighted by Crippen LogP contribution is 2.35. The van der Waals surface area contributed by atoms with Gasteiger partial charge in [0.25, 0.3) is 0 Å². The first-order chi connectivity index (χ1) is 8.97. The quantitative estimate of drug-likeness (QED) is 0.511. The lowest BCUT2D eigenvalue weighted by Crippen LogP contribution is -2.13. The van der Waals surface area contributed by atoms with Crippen LogP contribution in [0, 0.1) is 6.92 Å². The third kappa shape index (κ3) is 1.99. The predicted molar refractivity (Wildman–Crippen MR) is 82.7 cm³/mol. The maximum absolute atomic E-state index is 4.81. The Bertz CT molecular complexity index is 764. The summed E-state index contributed by atoms with van der Waals surface area (Å²) in [5.74, 6) is 0. The molecule has 3 rings (SSSR count). The van der Waals surface area contributed by atoms with E-state index in [1.807, 2.05) is 0 Å². The molecule has 0 saturated heterocycles. The number of pyridine rings is 1. The Kier molecular flexibility index (Phi) is 2.60. The fourth-order valence-corrected chi connectivity index (χ4v) is 2.81. The minimum Gasteiger partial charge on any atom is -0.248 e. The average Bonchev–Trinajstić information content (AvgIpc) is 2.34. The van der Waals surface area contributed by atoms with Crippen molar-refractivity contribution in [3.63, 3.8) is 0 Å². The molecule has 0 N–H and O–H groups in total. The Morgan fingerprint density at radius 3 is 2.26 bits per heavy atom. The highest BCUT2D eigenvalue weighted by molar-refractivity contribution is 5.98. The first-order valence-corrected chi connectivity index (χ1v) is 6.76. The fourth-order valence-electron chi connectivity index (χ4n) is 2.81. The van der Waals surface area contributed by atoms with Crippen LogP contribution in [0.5, 0.6) is 0 Å². The van der Waals surface area contributed by atoms with Gasteiger partial charge in [0, 0.05) is 10.8 Å². The lowest BCUT2D eigenvalue weighted by molar-refractivity contribution is 0.601. The highest BCUT2D eigenvalue weighted by Gasteiger charge is 2.20. The largest absolute Gasteiger partial charge is 0.248 e. The van der Waals surface area contributed by atoms with E-state index in [0.29, 0.717) is 0 Å². The number of rotatable bonds is 0. The summed E-state index contributed by atoms with van der Waals surface area (Å²) in [6.45, 7) is 8.93. The van der Waals surface area contributed by atoms with Crippen LogP contribution in [-0.2, 0) is 5.41 Å². The lowest BCUT2D eigenvalue weighted by atomic mass is 9.82. The molecule has 0 bridgehead atoms. The summed E-state index contributed by atoms with van der Waals surface area (Å²) in [4.78, 5) is 4.81. The van der Waals surface area contributed by atoms with Crippen molar-refractivity contribution in [1.82, 2.24) is 4.98 Å². The number of nitrogens with zero attached hydrogens (tertiary/aromatic N) is 1. The Balaban J connectivity index is 2.57. The summed E-state index contributed by atoms with van der Waals surface area (Å²) in [6, 6.07) is 15.0. The molecule has 0 spiro atoms. The molecule has 1 heteroatoms. The van der Waals surface area contributed by atoms with E-state index in [4.69, 9.17) is 4.98 Å². The van der Waals surface area contributed by atoms with Crippen LogP contribution in [0.25, 0.3) is 21.8 Å². The molecule has 0 aliphatic carbocycles. The van der Waals surface area contributed by atoms with E-state index in [2.05, 4.69) is 70.2 Å². The molecule has 0 aliphatic heterocycles. The number of para-hydroxylation sites is 1. The predicted octanol–water partition coefficient (Wildman–Crippen LogP) is 4.99. The van der Waals surface area contributed by atoms with Crippen LogP contribution in [0.2, 0.25) is 0 Å². The summed E-state index contributed by atoms with van der Waals surface area (Å²) in [6.07, 6.45) is 0. The molecule has 0 fully saturated rings. The Morgan fingerprint density at radius 2 is 1.53 bits per heavy atom. The van der Waals surface area contributed by atoms with Crippen molar-refractivity contribution >= 4 is 21.8 Å². The van der Waals surface area contributed by atoms with Gasteiger partial charge in [0.2, 0.25) is 0 Å². The fraction of sp³-hybridized carbons (Fsp3) is 0.278. The van der Waals surface area contributed by atoms with Gasteiger partial charge in [-0.05, 0) is 35.6 Å². The van der Waals surface area contributed by atoms with E-state index in [1.54, 1.807) is 0 Å². The molecule has 0 unspecified atom stereocenters. The molecule has 1 aromatic heterocycles. The van der Waals surface area contributed by atoms with Gasteiger partial charge in [0.1, 0.15) is 0 Å². The maximum atomic E-state index is 4.81. The van der Waals surface area contributed by atoms with Crippen molar-refractivity contribution in [2.75, 3.05) is 0 Å². The van der Waals surface area contributed by atoms with Crippen molar-refractivity contribution in [2.24, 2.45) is 0 Å². The summed E-state index contributed by atoms with van der Waals surface area (Å²) in [5.41, 5.74) is 4.95. The standard InChI is InChI=1S/C18H19N/c1-12-9-10-14-16(11-12)19-15-8-6-5-7-13(15)17(14)18(2,3)4/h5-11H,1-4H3. The van der Waals surface area contributed by atoms with Gasteiger partial charge in [0.15, 0.2) is 0 Å². The molecule has 3 aromatic rings. The smallest absolute Gasteiger partial charge is 0.0715 e. The highest BCUT2D eigenvalue weighted by atomic mass is 14.7. The molecule has 0 aliphatic rings. The first-order valence-electron chi connectivity index (χ1n) is 6.76. The number of benzene rings is 2. The molecule has 0 radical (unpaired) electrons. The maximum Gasteiger partial charge on any atom is 0.0715 e. The van der Waals surface area contributed by atoms with Crippen molar-refractivity contribution in [3.05, 3.63) is 53.6 Å². The molecule has 0 amide bonds. The van der Waals surface area contributed by atoms with Gasteiger partial charge < -0.3 is 0 Å². The van der Waals surface area contributed by atoms with Gasteiger partial charge >= 0.3 is 0 Å². The number of hydrogen-bond donors (Lipinski definition) is 0. The zero-order chi connectivity index (χ0) is 13.6. The Hall–Kier alpha value is -1.89. The van der Waals surface area contributed by atoms with Gasteiger partial charge in [-0.3, -0.25) is 0 Å². The van der Waals surface area contributed by atoms with Crippen LogP contribution in [0.3, 0.4) is 0 Å². The van der Waals surface area contributed by atoms with Gasteiger partial charge in [-0.1, -0.05) is 51.1 Å². The minimum absolute atomic E-state index is 0.107. The minimum atomic E-state index is 0.107. The number of aromatic nitrogens is 1. The van der Waals surface area contributed by atoms with E-state index in [1.165, 1.54) is 21.9 Å². The molecule has 2 aromatic carbocycles. The third-order valence-electron chi connectivity index (χ3n) is 3.59. The van der Waals surface area contributed by atoms with E-state index < -0.39 is 0 Å². The van der Waals surface area contributed by atoms with E-state index >= 15 is 0 Å². The molecule has 1 heterocycles. The normalized spacial score (nSPS) is 12.2. The average molecular weight is 249 g/mol. The molecule has 0 atom stereocenters. The molecular weight excluding hydrogens is 230 g/mol. The van der Waals surface area contributed by atoms with Crippen molar-refractivity contribution in [1.29, 1.82) is 0 Å². The van der Waals surface area contributed by atoms with Gasteiger partial charge in [-0.15, -0.1) is 0 Å².